The van der Waals surface area contributed by atoms with Gasteiger partial charge in [0, 0.05) is 17.7 Å². The highest BCUT2D eigenvalue weighted by atomic mass is 16.7. The lowest BCUT2D eigenvalue weighted by Crippen LogP contribution is -2.17. The van der Waals surface area contributed by atoms with E-state index in [-0.39, 0.29) is 29.2 Å². The van der Waals surface area contributed by atoms with Gasteiger partial charge in [0.2, 0.25) is 0 Å². The van der Waals surface area contributed by atoms with Crippen molar-refractivity contribution in [3.8, 4) is 16.9 Å². The summed E-state index contributed by atoms with van der Waals surface area (Å²) in [5.41, 5.74) is 1.20. The summed E-state index contributed by atoms with van der Waals surface area (Å²) in [6.07, 6.45) is -1.38. The number of hydrogen-bond acceptors (Lipinski definition) is 8. The molecule has 9 nitrogen and oxygen atoms in total. The number of carbonyl (C=O) groups is 2. The Morgan fingerprint density at radius 1 is 1.33 bits per heavy atom. The molecular weight excluding hydrogens is 356 g/mol. The Hall–Kier alpha value is -3.49. The number of aryl methyl sites for hydroxylation is 1. The number of benzene rings is 1. The van der Waals surface area contributed by atoms with Gasteiger partial charge in [0.05, 0.1) is 28.0 Å². The third-order valence-electron chi connectivity index (χ3n) is 3.80. The summed E-state index contributed by atoms with van der Waals surface area (Å²) < 4.78 is 15.3. The summed E-state index contributed by atoms with van der Waals surface area (Å²) in [6, 6.07) is 5.67. The van der Waals surface area contributed by atoms with E-state index in [1.54, 1.807) is 26.8 Å². The van der Waals surface area contributed by atoms with Crippen molar-refractivity contribution in [2.75, 3.05) is 0 Å². The van der Waals surface area contributed by atoms with Crippen molar-refractivity contribution in [3.05, 3.63) is 51.3 Å². The van der Waals surface area contributed by atoms with Crippen LogP contribution in [0.2, 0.25) is 0 Å². The molecule has 9 heteroatoms. The lowest BCUT2D eigenvalue weighted by Gasteiger charge is -2.15. The molecule has 140 valence electrons. The number of ether oxygens (including phenoxy) is 3. The zero-order valence-corrected chi connectivity index (χ0v) is 14.8. The van der Waals surface area contributed by atoms with Crippen LogP contribution in [0.15, 0.2) is 24.3 Å². The van der Waals surface area contributed by atoms with Crippen molar-refractivity contribution in [2.45, 2.75) is 33.5 Å². The molecule has 0 aliphatic carbocycles. The normalized spacial score (nSPS) is 12.5. The smallest absolute Gasteiger partial charge is 0.455 e. The molecule has 1 aromatic carbocycles. The highest BCUT2D eigenvalue weighted by Crippen LogP contribution is 2.40. The predicted molar refractivity (Wildman–Crippen MR) is 92.4 cm³/mol. The van der Waals surface area contributed by atoms with Gasteiger partial charge in [-0.15, -0.1) is 0 Å². The molecule has 2 heterocycles. The first-order valence-corrected chi connectivity index (χ1v) is 8.11. The van der Waals surface area contributed by atoms with Crippen molar-refractivity contribution in [1.29, 1.82) is 0 Å². The molecule has 0 atom stereocenters. The average Bonchev–Trinajstić information content (AvgIpc) is 2.95. The molecule has 1 aromatic heterocycles. The molecule has 0 bridgehead atoms. The molecule has 0 amide bonds. The fraction of sp³-hybridized carbons (Fsp3) is 0.278. The molecule has 2 aromatic rings. The summed E-state index contributed by atoms with van der Waals surface area (Å²) in [7, 11) is 0. The maximum atomic E-state index is 12.2. The Bertz CT molecular complexity index is 953. The Morgan fingerprint density at radius 2 is 2.07 bits per heavy atom. The Kier molecular flexibility index (Phi) is 4.76. The number of pyridine rings is 1. The van der Waals surface area contributed by atoms with Crippen LogP contribution < -0.4 is 4.74 Å². The van der Waals surface area contributed by atoms with Gasteiger partial charge in [0.25, 0.3) is 5.69 Å². The number of nitrogens with zero attached hydrogens (tertiary/aromatic N) is 2. The number of hydrogen-bond donors (Lipinski definition) is 0. The number of nitro groups is 1. The van der Waals surface area contributed by atoms with E-state index in [0.717, 1.165) is 0 Å². The summed E-state index contributed by atoms with van der Waals surface area (Å²) in [5.74, 6) is -0.639. The maximum absolute atomic E-state index is 12.2. The third kappa shape index (κ3) is 3.57. The van der Waals surface area contributed by atoms with E-state index in [1.807, 2.05) is 0 Å². The minimum Gasteiger partial charge on any atom is -0.455 e. The Morgan fingerprint density at radius 3 is 2.74 bits per heavy atom. The third-order valence-corrected chi connectivity index (χ3v) is 3.80. The number of esters is 1. The Balaban J connectivity index is 2.21. The molecule has 0 radical (unpaired) electrons. The van der Waals surface area contributed by atoms with E-state index in [0.29, 0.717) is 17.0 Å². The van der Waals surface area contributed by atoms with Crippen molar-refractivity contribution in [2.24, 2.45) is 0 Å². The minimum absolute atomic E-state index is 0.00116. The lowest BCUT2D eigenvalue weighted by atomic mass is 9.97. The van der Waals surface area contributed by atoms with Crippen molar-refractivity contribution in [1.82, 2.24) is 4.98 Å². The van der Waals surface area contributed by atoms with Crippen LogP contribution in [0.4, 0.5) is 10.5 Å². The van der Waals surface area contributed by atoms with E-state index in [4.69, 9.17) is 14.2 Å². The van der Waals surface area contributed by atoms with E-state index in [9.17, 15) is 19.7 Å². The monoisotopic (exact) mass is 372 g/mol. The quantitative estimate of drug-likeness (QED) is 0.454. The van der Waals surface area contributed by atoms with Crippen LogP contribution in [0, 0.1) is 17.0 Å². The summed E-state index contributed by atoms with van der Waals surface area (Å²) in [6.45, 7) is 4.90. The highest BCUT2D eigenvalue weighted by Gasteiger charge is 2.32. The van der Waals surface area contributed by atoms with Gasteiger partial charge in [-0.3, -0.25) is 10.1 Å². The van der Waals surface area contributed by atoms with E-state index < -0.39 is 23.2 Å². The number of non-ortho nitro benzene ring substituents is 1. The molecule has 0 saturated carbocycles. The van der Waals surface area contributed by atoms with E-state index in [1.165, 1.54) is 18.2 Å². The van der Waals surface area contributed by atoms with Crippen molar-refractivity contribution in [3.63, 3.8) is 0 Å². The van der Waals surface area contributed by atoms with Gasteiger partial charge in [-0.2, -0.15) is 0 Å². The first kappa shape index (κ1) is 18.3. The SMILES string of the molecule is Cc1nc2c(c(-c3cccc([N+](=O)[O-])c3)c1OC(=O)OC(C)C)C(=O)OC2. The Labute approximate surface area is 154 Å². The van der Waals surface area contributed by atoms with Crippen LogP contribution in [-0.4, -0.2) is 28.1 Å². The highest BCUT2D eigenvalue weighted by molar-refractivity contribution is 6.02. The van der Waals surface area contributed by atoms with Gasteiger partial charge < -0.3 is 14.2 Å². The van der Waals surface area contributed by atoms with Crippen LogP contribution in [0.1, 0.15) is 35.6 Å². The molecule has 0 fully saturated rings. The molecule has 1 aliphatic rings. The number of cyclic esters (lactones) is 1. The molecule has 0 saturated heterocycles. The number of rotatable bonds is 4. The topological polar surface area (TPSA) is 118 Å². The van der Waals surface area contributed by atoms with Crippen LogP contribution in [0.25, 0.3) is 11.1 Å². The fourth-order valence-corrected chi connectivity index (χ4v) is 2.75. The largest absolute Gasteiger partial charge is 0.514 e. The van der Waals surface area contributed by atoms with Gasteiger partial charge >= 0.3 is 12.1 Å². The molecule has 3 rings (SSSR count). The molecule has 0 spiro atoms. The molecule has 1 aliphatic heterocycles. The first-order valence-electron chi connectivity index (χ1n) is 8.11. The minimum atomic E-state index is -0.965. The first-order chi connectivity index (χ1) is 12.8. The van der Waals surface area contributed by atoms with Crippen molar-refractivity contribution >= 4 is 17.8 Å². The molecule has 0 unspecified atom stereocenters. The summed E-state index contributed by atoms with van der Waals surface area (Å²) in [4.78, 5) is 39.1. The molecular formula is C18H16N2O7. The van der Waals surface area contributed by atoms with Crippen LogP contribution >= 0.6 is 0 Å². The second-order valence-corrected chi connectivity index (χ2v) is 6.13. The van der Waals surface area contributed by atoms with Gasteiger partial charge in [-0.05, 0) is 26.3 Å². The van der Waals surface area contributed by atoms with Gasteiger partial charge in [0.15, 0.2) is 5.75 Å². The lowest BCUT2D eigenvalue weighted by molar-refractivity contribution is -0.384. The van der Waals surface area contributed by atoms with Crippen molar-refractivity contribution < 1.29 is 28.7 Å². The fourth-order valence-electron chi connectivity index (χ4n) is 2.75. The number of aromatic nitrogens is 1. The van der Waals surface area contributed by atoms with Crippen LogP contribution in [0.5, 0.6) is 5.75 Å². The predicted octanol–water partition coefficient (Wildman–Crippen LogP) is 3.56. The molecule has 0 N–H and O–H groups in total. The standard InChI is InChI=1S/C18H16N2O7/c1-9(2)26-18(22)27-16-10(3)19-13-8-25-17(21)15(13)14(16)11-5-4-6-12(7-11)20(23)24/h4-7,9H,8H2,1-3H3. The second-order valence-electron chi connectivity index (χ2n) is 6.13. The van der Waals surface area contributed by atoms with Crippen LogP contribution in [-0.2, 0) is 16.1 Å². The van der Waals surface area contributed by atoms with Crippen LogP contribution in [0.3, 0.4) is 0 Å². The maximum Gasteiger partial charge on any atom is 0.514 e. The summed E-state index contributed by atoms with van der Waals surface area (Å²) in [5, 5.41) is 11.1. The van der Waals surface area contributed by atoms with E-state index >= 15 is 0 Å². The number of nitro benzene ring substituents is 1. The summed E-state index contributed by atoms with van der Waals surface area (Å²) >= 11 is 0. The second kappa shape index (κ2) is 7.02. The van der Waals surface area contributed by atoms with Gasteiger partial charge in [-0.1, -0.05) is 12.1 Å². The molecule has 27 heavy (non-hydrogen) atoms. The van der Waals surface area contributed by atoms with E-state index in [2.05, 4.69) is 4.98 Å². The zero-order chi connectivity index (χ0) is 19.7. The average molecular weight is 372 g/mol. The number of carbonyl (C=O) groups excluding carboxylic acids is 2. The number of fused-ring (bicyclic) bond motifs is 1. The van der Waals surface area contributed by atoms with Gasteiger partial charge in [-0.25, -0.2) is 14.6 Å². The van der Waals surface area contributed by atoms with Gasteiger partial charge in [0.1, 0.15) is 6.61 Å². The zero-order valence-electron chi connectivity index (χ0n) is 14.8.